The smallest absolute Gasteiger partial charge is 0.261 e. The van der Waals surface area contributed by atoms with Crippen LogP contribution in [0.3, 0.4) is 0 Å². The van der Waals surface area contributed by atoms with Crippen LogP contribution >= 0.6 is 0 Å². The normalized spacial score (nSPS) is 19.9. The maximum Gasteiger partial charge on any atom is 0.261 e. The molecule has 2 unspecified atom stereocenters. The van der Waals surface area contributed by atoms with Gasteiger partial charge in [0.05, 0.1) is 11.3 Å². The van der Waals surface area contributed by atoms with E-state index in [0.717, 1.165) is 19.3 Å². The quantitative estimate of drug-likeness (QED) is 0.491. The summed E-state index contributed by atoms with van der Waals surface area (Å²) < 4.78 is 29.5. The minimum absolute atomic E-state index is 0.0532. The number of nitrogens with one attached hydrogen (secondary N) is 1. The van der Waals surface area contributed by atoms with Crippen molar-refractivity contribution < 1.29 is 22.7 Å². The lowest BCUT2D eigenvalue weighted by molar-refractivity contribution is -0.137. The SMILES string of the molecule is CS(=O)(=O)C1CCN(C(=O)c2cccc(-c3n[nH]c(C4CCCCN4C(=O)COc4ccccc4)n3)c2)C1. The van der Waals surface area contributed by atoms with E-state index < -0.39 is 15.1 Å². The molecule has 2 amide bonds. The number of aromatic nitrogens is 3. The third kappa shape index (κ3) is 5.72. The van der Waals surface area contributed by atoms with Crippen LogP contribution in [-0.4, -0.2) is 83.0 Å². The number of nitrogens with zero attached hydrogens (tertiary/aromatic N) is 4. The third-order valence-electron chi connectivity index (χ3n) is 7.15. The van der Waals surface area contributed by atoms with E-state index in [-0.39, 0.29) is 31.0 Å². The Balaban J connectivity index is 1.28. The third-order valence-corrected chi connectivity index (χ3v) is 8.75. The van der Waals surface area contributed by atoms with Crippen LogP contribution in [0.15, 0.2) is 54.6 Å². The van der Waals surface area contributed by atoms with Gasteiger partial charge in [0.1, 0.15) is 11.6 Å². The molecule has 3 aromatic rings. The number of hydrogen-bond acceptors (Lipinski definition) is 7. The summed E-state index contributed by atoms with van der Waals surface area (Å²) in [6, 6.07) is 16.0. The number of ether oxygens (including phenoxy) is 1. The van der Waals surface area contributed by atoms with Gasteiger partial charge in [-0.3, -0.25) is 14.7 Å². The van der Waals surface area contributed by atoms with Crippen molar-refractivity contribution in [2.75, 3.05) is 32.5 Å². The van der Waals surface area contributed by atoms with Crippen molar-refractivity contribution in [1.29, 1.82) is 0 Å². The molecular formula is C27H31N5O5S. The maximum absolute atomic E-state index is 13.1. The molecule has 0 bridgehead atoms. The van der Waals surface area contributed by atoms with Gasteiger partial charge in [0.15, 0.2) is 22.3 Å². The van der Waals surface area contributed by atoms with Crippen molar-refractivity contribution >= 4 is 21.7 Å². The molecule has 3 heterocycles. The first-order valence-corrected chi connectivity index (χ1v) is 14.7. The second-order valence-corrected chi connectivity index (χ2v) is 12.1. The molecule has 2 saturated heterocycles. The minimum Gasteiger partial charge on any atom is -0.484 e. The average molecular weight is 538 g/mol. The molecule has 11 heteroatoms. The molecule has 2 fully saturated rings. The van der Waals surface area contributed by atoms with Gasteiger partial charge in [0.2, 0.25) is 0 Å². The molecule has 200 valence electrons. The number of hydrogen-bond donors (Lipinski definition) is 1. The molecule has 1 aromatic heterocycles. The fraction of sp³-hybridized carbons (Fsp3) is 0.407. The number of carbonyl (C=O) groups is 2. The zero-order valence-electron chi connectivity index (χ0n) is 21.2. The number of likely N-dealkylation sites (tertiary alicyclic amines) is 2. The maximum atomic E-state index is 13.1. The van der Waals surface area contributed by atoms with Crippen LogP contribution in [0.2, 0.25) is 0 Å². The summed E-state index contributed by atoms with van der Waals surface area (Å²) in [4.78, 5) is 34.2. The molecule has 2 aliphatic heterocycles. The Morgan fingerprint density at radius 1 is 1.05 bits per heavy atom. The lowest BCUT2D eigenvalue weighted by atomic mass is 10.0. The standard InChI is InChI=1S/C27H31N5O5S/c1-38(35,36)22-13-15-31(17-22)27(34)20-9-7-8-19(16-20)25-28-26(30-29-25)23-12-5-6-14-32(23)24(33)18-37-21-10-3-2-4-11-21/h2-4,7-11,16,22-23H,5-6,12-15,17-18H2,1H3,(H,28,29,30). The number of benzene rings is 2. The molecule has 2 aromatic carbocycles. The number of carbonyl (C=O) groups excluding carboxylic acids is 2. The predicted octanol–water partition coefficient (Wildman–Crippen LogP) is 2.86. The van der Waals surface area contributed by atoms with Crippen LogP contribution in [0.5, 0.6) is 5.75 Å². The molecule has 1 N–H and O–H groups in total. The van der Waals surface area contributed by atoms with E-state index >= 15 is 0 Å². The predicted molar refractivity (Wildman–Crippen MR) is 141 cm³/mol. The zero-order valence-corrected chi connectivity index (χ0v) is 22.1. The first kappa shape index (κ1) is 25.9. The number of para-hydroxylation sites is 1. The van der Waals surface area contributed by atoms with E-state index in [1.165, 1.54) is 6.26 Å². The second kappa shape index (κ2) is 10.9. The lowest BCUT2D eigenvalue weighted by Crippen LogP contribution is -2.41. The highest BCUT2D eigenvalue weighted by Crippen LogP contribution is 2.30. The van der Waals surface area contributed by atoms with Crippen LogP contribution in [0.4, 0.5) is 0 Å². The molecule has 0 radical (unpaired) electrons. The average Bonchev–Trinajstić information content (AvgIpc) is 3.63. The summed E-state index contributed by atoms with van der Waals surface area (Å²) in [5, 5.41) is 6.86. The highest BCUT2D eigenvalue weighted by molar-refractivity contribution is 7.91. The molecule has 2 atom stereocenters. The Morgan fingerprint density at radius 3 is 2.63 bits per heavy atom. The number of amides is 2. The van der Waals surface area contributed by atoms with E-state index in [1.807, 2.05) is 36.4 Å². The highest BCUT2D eigenvalue weighted by Gasteiger charge is 2.33. The Kier molecular flexibility index (Phi) is 7.46. The van der Waals surface area contributed by atoms with Gasteiger partial charge in [-0.15, -0.1) is 0 Å². The molecule has 0 aliphatic carbocycles. The molecule has 5 rings (SSSR count). The van der Waals surface area contributed by atoms with Gasteiger partial charge in [-0.05, 0) is 49.9 Å². The monoisotopic (exact) mass is 537 g/mol. The van der Waals surface area contributed by atoms with Gasteiger partial charge in [-0.25, -0.2) is 13.4 Å². The minimum atomic E-state index is -3.19. The van der Waals surface area contributed by atoms with Gasteiger partial charge in [0.25, 0.3) is 11.8 Å². The van der Waals surface area contributed by atoms with Crippen molar-refractivity contribution in [1.82, 2.24) is 25.0 Å². The number of piperidine rings is 1. The second-order valence-electron chi connectivity index (χ2n) is 9.82. The van der Waals surface area contributed by atoms with E-state index in [2.05, 4.69) is 10.2 Å². The Hall–Kier alpha value is -3.73. The van der Waals surface area contributed by atoms with Gasteiger partial charge in [-0.2, -0.15) is 5.10 Å². The fourth-order valence-electron chi connectivity index (χ4n) is 5.05. The summed E-state index contributed by atoms with van der Waals surface area (Å²) in [5.41, 5.74) is 1.12. The summed E-state index contributed by atoms with van der Waals surface area (Å²) in [6.07, 6.45) is 4.31. The largest absolute Gasteiger partial charge is 0.484 e. The van der Waals surface area contributed by atoms with Gasteiger partial charge >= 0.3 is 0 Å². The highest BCUT2D eigenvalue weighted by atomic mass is 32.2. The van der Waals surface area contributed by atoms with Crippen LogP contribution in [0.25, 0.3) is 11.4 Å². The Morgan fingerprint density at radius 2 is 1.87 bits per heavy atom. The van der Waals surface area contributed by atoms with Gasteiger partial charge < -0.3 is 14.5 Å². The Bertz CT molecular complexity index is 1410. The summed E-state index contributed by atoms with van der Waals surface area (Å²) in [6.45, 7) is 1.17. The first-order chi connectivity index (χ1) is 18.3. The molecule has 2 aliphatic rings. The molecule has 10 nitrogen and oxygen atoms in total. The van der Waals surface area contributed by atoms with Crippen LogP contribution in [-0.2, 0) is 14.6 Å². The van der Waals surface area contributed by atoms with Crippen molar-refractivity contribution in [3.05, 3.63) is 66.0 Å². The van der Waals surface area contributed by atoms with Gasteiger partial charge in [-0.1, -0.05) is 30.3 Å². The summed E-state index contributed by atoms with van der Waals surface area (Å²) in [5.74, 6) is 1.36. The van der Waals surface area contributed by atoms with Crippen LogP contribution < -0.4 is 4.74 Å². The molecule has 0 spiro atoms. The first-order valence-electron chi connectivity index (χ1n) is 12.8. The van der Waals surface area contributed by atoms with Crippen molar-refractivity contribution in [3.63, 3.8) is 0 Å². The van der Waals surface area contributed by atoms with Crippen LogP contribution in [0.1, 0.15) is 47.9 Å². The van der Waals surface area contributed by atoms with Crippen molar-refractivity contribution in [3.8, 4) is 17.1 Å². The summed E-state index contributed by atoms with van der Waals surface area (Å²) in [7, 11) is -3.19. The van der Waals surface area contributed by atoms with E-state index in [1.54, 1.807) is 28.0 Å². The molecule has 38 heavy (non-hydrogen) atoms. The zero-order chi connectivity index (χ0) is 26.7. The fourth-order valence-corrected chi connectivity index (χ4v) is 6.03. The summed E-state index contributed by atoms with van der Waals surface area (Å²) >= 11 is 0. The number of H-pyrrole nitrogens is 1. The number of sulfone groups is 1. The number of rotatable bonds is 7. The van der Waals surface area contributed by atoms with Crippen molar-refractivity contribution in [2.24, 2.45) is 0 Å². The Labute approximate surface area is 221 Å². The topological polar surface area (TPSA) is 126 Å². The lowest BCUT2D eigenvalue weighted by Gasteiger charge is -2.34. The van der Waals surface area contributed by atoms with E-state index in [9.17, 15) is 18.0 Å². The van der Waals surface area contributed by atoms with Crippen LogP contribution in [0, 0.1) is 0 Å². The van der Waals surface area contributed by atoms with E-state index in [4.69, 9.17) is 9.72 Å². The molecule has 0 saturated carbocycles. The van der Waals surface area contributed by atoms with E-state index in [0.29, 0.717) is 48.0 Å². The van der Waals surface area contributed by atoms with Crippen molar-refractivity contribution in [2.45, 2.75) is 37.0 Å². The van der Waals surface area contributed by atoms with Gasteiger partial charge in [0, 0.05) is 37.0 Å². The molecular weight excluding hydrogens is 506 g/mol. The number of aromatic amines is 1.